The van der Waals surface area contributed by atoms with Gasteiger partial charge in [0.25, 0.3) is 5.91 Å². The number of hydrogen-bond acceptors (Lipinski definition) is 4. The summed E-state index contributed by atoms with van der Waals surface area (Å²) in [6, 6.07) is 9.19. The SMILES string of the molecule is O=C(O)c1ccc(C(=O)N[C@H]2CCN(c3ccccc3Cl)C2=O)s1. The van der Waals surface area contributed by atoms with E-state index < -0.39 is 17.9 Å². The smallest absolute Gasteiger partial charge is 0.345 e. The molecule has 1 saturated heterocycles. The van der Waals surface area contributed by atoms with Gasteiger partial charge in [0, 0.05) is 6.54 Å². The molecule has 1 aliphatic rings. The molecule has 24 heavy (non-hydrogen) atoms. The lowest BCUT2D eigenvalue weighted by atomic mass is 10.2. The molecule has 1 fully saturated rings. The number of hydrogen-bond donors (Lipinski definition) is 2. The van der Waals surface area contributed by atoms with E-state index in [-0.39, 0.29) is 15.7 Å². The summed E-state index contributed by atoms with van der Waals surface area (Å²) < 4.78 is 0. The van der Waals surface area contributed by atoms with E-state index in [2.05, 4.69) is 5.32 Å². The van der Waals surface area contributed by atoms with Gasteiger partial charge in [0.2, 0.25) is 5.91 Å². The third-order valence-electron chi connectivity index (χ3n) is 3.69. The number of rotatable bonds is 4. The highest BCUT2D eigenvalue weighted by Crippen LogP contribution is 2.29. The van der Waals surface area contributed by atoms with Crippen molar-refractivity contribution in [3.05, 3.63) is 51.2 Å². The summed E-state index contributed by atoms with van der Waals surface area (Å²) in [5, 5.41) is 12.0. The molecular formula is C16H13ClN2O4S. The van der Waals surface area contributed by atoms with Crippen LogP contribution in [0, 0.1) is 0 Å². The standard InChI is InChI=1S/C16H13ClN2O4S/c17-9-3-1-2-4-11(9)19-8-7-10(15(19)21)18-14(20)12-5-6-13(24-12)16(22)23/h1-6,10H,7-8H2,(H,18,20)(H,22,23)/t10-/m0/s1. The van der Waals surface area contributed by atoms with Crippen molar-refractivity contribution < 1.29 is 19.5 Å². The number of halogens is 1. The largest absolute Gasteiger partial charge is 0.477 e. The first kappa shape index (κ1) is 16.5. The first-order valence-corrected chi connectivity index (χ1v) is 8.36. The van der Waals surface area contributed by atoms with Crippen molar-refractivity contribution in [3.63, 3.8) is 0 Å². The van der Waals surface area contributed by atoms with Gasteiger partial charge in [-0.3, -0.25) is 9.59 Å². The van der Waals surface area contributed by atoms with Crippen LogP contribution in [0.2, 0.25) is 5.02 Å². The van der Waals surface area contributed by atoms with Gasteiger partial charge in [-0.1, -0.05) is 23.7 Å². The molecule has 6 nitrogen and oxygen atoms in total. The zero-order valence-electron chi connectivity index (χ0n) is 12.4. The highest BCUT2D eigenvalue weighted by atomic mass is 35.5. The van der Waals surface area contributed by atoms with Crippen LogP contribution in [-0.2, 0) is 4.79 Å². The molecule has 2 heterocycles. The van der Waals surface area contributed by atoms with Gasteiger partial charge in [-0.2, -0.15) is 0 Å². The molecule has 1 aromatic heterocycles. The summed E-state index contributed by atoms with van der Waals surface area (Å²) in [5.74, 6) is -1.76. The van der Waals surface area contributed by atoms with Crippen molar-refractivity contribution in [3.8, 4) is 0 Å². The normalized spacial score (nSPS) is 17.1. The first-order chi connectivity index (χ1) is 11.5. The maximum absolute atomic E-state index is 12.5. The predicted octanol–water partition coefficient (Wildman–Crippen LogP) is 2.64. The molecule has 1 atom stereocenters. The van der Waals surface area contributed by atoms with Gasteiger partial charge in [0.15, 0.2) is 0 Å². The summed E-state index contributed by atoms with van der Waals surface area (Å²) in [5.41, 5.74) is 0.616. The Hall–Kier alpha value is -2.38. The molecule has 0 saturated carbocycles. The average molecular weight is 365 g/mol. The van der Waals surface area contributed by atoms with E-state index in [4.69, 9.17) is 16.7 Å². The van der Waals surface area contributed by atoms with E-state index in [0.717, 1.165) is 11.3 Å². The third-order valence-corrected chi connectivity index (χ3v) is 5.09. The zero-order valence-corrected chi connectivity index (χ0v) is 13.9. The van der Waals surface area contributed by atoms with Gasteiger partial charge < -0.3 is 15.3 Å². The summed E-state index contributed by atoms with van der Waals surface area (Å²) >= 11 is 6.99. The number of benzene rings is 1. The van der Waals surface area contributed by atoms with Crippen LogP contribution in [0.25, 0.3) is 0 Å². The van der Waals surface area contributed by atoms with Crippen LogP contribution in [0.1, 0.15) is 25.8 Å². The molecule has 1 aliphatic heterocycles. The number of anilines is 1. The van der Waals surface area contributed by atoms with E-state index in [9.17, 15) is 14.4 Å². The number of nitrogens with one attached hydrogen (secondary N) is 1. The van der Waals surface area contributed by atoms with Crippen LogP contribution in [0.3, 0.4) is 0 Å². The Morgan fingerprint density at radius 2 is 1.92 bits per heavy atom. The van der Waals surface area contributed by atoms with Gasteiger partial charge in [-0.25, -0.2) is 4.79 Å². The van der Waals surface area contributed by atoms with E-state index in [1.807, 2.05) is 0 Å². The van der Waals surface area contributed by atoms with Crippen molar-refractivity contribution >= 4 is 46.4 Å². The summed E-state index contributed by atoms with van der Waals surface area (Å²) in [6.07, 6.45) is 0.465. The Bertz CT molecular complexity index is 820. The van der Waals surface area contributed by atoms with Crippen LogP contribution in [0.5, 0.6) is 0 Å². The fourth-order valence-corrected chi connectivity index (χ4v) is 3.51. The monoisotopic (exact) mass is 364 g/mol. The lowest BCUT2D eigenvalue weighted by Crippen LogP contribution is -2.41. The molecule has 1 aromatic carbocycles. The number of carboxylic acids is 1. The fourth-order valence-electron chi connectivity index (χ4n) is 2.53. The Morgan fingerprint density at radius 1 is 1.21 bits per heavy atom. The van der Waals surface area contributed by atoms with Gasteiger partial charge in [-0.05, 0) is 30.7 Å². The number of nitrogens with zero attached hydrogens (tertiary/aromatic N) is 1. The van der Waals surface area contributed by atoms with E-state index >= 15 is 0 Å². The highest BCUT2D eigenvalue weighted by molar-refractivity contribution is 7.15. The van der Waals surface area contributed by atoms with Crippen LogP contribution in [0.15, 0.2) is 36.4 Å². The fraction of sp³-hybridized carbons (Fsp3) is 0.188. The Balaban J connectivity index is 1.70. The molecule has 0 radical (unpaired) electrons. The zero-order chi connectivity index (χ0) is 17.3. The third kappa shape index (κ3) is 3.13. The second kappa shape index (κ2) is 6.62. The van der Waals surface area contributed by atoms with Gasteiger partial charge in [0.05, 0.1) is 15.6 Å². The molecule has 124 valence electrons. The van der Waals surface area contributed by atoms with Gasteiger partial charge >= 0.3 is 5.97 Å². The summed E-state index contributed by atoms with van der Waals surface area (Å²) in [7, 11) is 0. The summed E-state index contributed by atoms with van der Waals surface area (Å²) in [4.78, 5) is 37.5. The highest BCUT2D eigenvalue weighted by Gasteiger charge is 2.34. The van der Waals surface area contributed by atoms with Crippen LogP contribution >= 0.6 is 22.9 Å². The Morgan fingerprint density at radius 3 is 2.58 bits per heavy atom. The predicted molar refractivity (Wildman–Crippen MR) is 91.0 cm³/mol. The van der Waals surface area contributed by atoms with E-state index in [1.165, 1.54) is 12.1 Å². The van der Waals surface area contributed by atoms with Gasteiger partial charge in [0.1, 0.15) is 10.9 Å². The number of carbonyl (C=O) groups is 3. The molecule has 8 heteroatoms. The molecule has 3 rings (SSSR count). The van der Waals surface area contributed by atoms with Crippen LogP contribution in [0.4, 0.5) is 5.69 Å². The molecule has 2 N–H and O–H groups in total. The first-order valence-electron chi connectivity index (χ1n) is 7.17. The van der Waals surface area contributed by atoms with E-state index in [0.29, 0.717) is 23.7 Å². The van der Waals surface area contributed by atoms with E-state index in [1.54, 1.807) is 29.2 Å². The molecule has 0 bridgehead atoms. The second-order valence-electron chi connectivity index (χ2n) is 5.23. The maximum atomic E-state index is 12.5. The number of carbonyl (C=O) groups excluding carboxylic acids is 2. The quantitative estimate of drug-likeness (QED) is 0.873. The molecule has 2 amide bonds. The molecule has 0 aliphatic carbocycles. The van der Waals surface area contributed by atoms with Crippen LogP contribution < -0.4 is 10.2 Å². The number of carboxylic acid groups (broad SMARTS) is 1. The second-order valence-corrected chi connectivity index (χ2v) is 6.72. The number of thiophene rings is 1. The van der Waals surface area contributed by atoms with Crippen molar-refractivity contribution in [1.29, 1.82) is 0 Å². The average Bonchev–Trinajstić information content (AvgIpc) is 3.17. The van der Waals surface area contributed by atoms with Crippen LogP contribution in [-0.4, -0.2) is 35.5 Å². The maximum Gasteiger partial charge on any atom is 0.345 e. The summed E-state index contributed by atoms with van der Waals surface area (Å²) in [6.45, 7) is 0.457. The minimum atomic E-state index is -1.08. The van der Waals surface area contributed by atoms with Crippen molar-refractivity contribution in [2.45, 2.75) is 12.5 Å². The van der Waals surface area contributed by atoms with Gasteiger partial charge in [-0.15, -0.1) is 11.3 Å². The molecule has 2 aromatic rings. The topological polar surface area (TPSA) is 86.7 Å². The van der Waals surface area contributed by atoms with Crippen molar-refractivity contribution in [2.75, 3.05) is 11.4 Å². The minimum Gasteiger partial charge on any atom is -0.477 e. The molecule has 0 unspecified atom stereocenters. The number of amides is 2. The Labute approximate surface area is 146 Å². The Kier molecular flexibility index (Phi) is 4.55. The molecular weight excluding hydrogens is 352 g/mol. The number of aromatic carboxylic acids is 1. The lowest BCUT2D eigenvalue weighted by Gasteiger charge is -2.18. The molecule has 0 spiro atoms. The lowest BCUT2D eigenvalue weighted by molar-refractivity contribution is -0.118. The van der Waals surface area contributed by atoms with Crippen molar-refractivity contribution in [1.82, 2.24) is 5.32 Å². The van der Waals surface area contributed by atoms with Crippen molar-refractivity contribution in [2.24, 2.45) is 0 Å². The minimum absolute atomic E-state index is 0.0793. The number of para-hydroxylation sites is 1.